The molecule has 1 aromatic carbocycles. The van der Waals surface area contributed by atoms with Crippen molar-refractivity contribution in [2.24, 2.45) is 0 Å². The monoisotopic (exact) mass is 315 g/mol. The van der Waals surface area contributed by atoms with Crippen LogP contribution in [0.15, 0.2) is 42.6 Å². The van der Waals surface area contributed by atoms with Gasteiger partial charge in [-0.15, -0.1) is 0 Å². The zero-order valence-corrected chi connectivity index (χ0v) is 12.5. The molecule has 2 amide bonds. The number of pyridine rings is 1. The quantitative estimate of drug-likeness (QED) is 0.946. The second-order valence-corrected chi connectivity index (χ2v) is 5.42. The number of carbonyl (C=O) groups excluding carboxylic acids is 2. The molecule has 5 nitrogen and oxygen atoms in total. The van der Waals surface area contributed by atoms with E-state index < -0.39 is 0 Å². The van der Waals surface area contributed by atoms with Crippen LogP contribution >= 0.6 is 11.6 Å². The summed E-state index contributed by atoms with van der Waals surface area (Å²) in [5, 5.41) is 3.24. The van der Waals surface area contributed by atoms with Crippen molar-refractivity contribution in [3.05, 3.63) is 53.3 Å². The molecule has 0 spiro atoms. The molecule has 0 radical (unpaired) electrons. The van der Waals surface area contributed by atoms with E-state index in [0.717, 1.165) is 6.42 Å². The molecule has 0 aliphatic carbocycles. The minimum absolute atomic E-state index is 0.0718. The van der Waals surface area contributed by atoms with Crippen molar-refractivity contribution in [2.75, 3.05) is 16.8 Å². The molecule has 0 atom stereocenters. The van der Waals surface area contributed by atoms with Crippen molar-refractivity contribution in [3.63, 3.8) is 0 Å². The van der Waals surface area contributed by atoms with Crippen LogP contribution in [0.4, 0.5) is 11.4 Å². The van der Waals surface area contributed by atoms with Crippen LogP contribution in [0.25, 0.3) is 0 Å². The van der Waals surface area contributed by atoms with Gasteiger partial charge in [-0.2, -0.15) is 0 Å². The van der Waals surface area contributed by atoms with E-state index >= 15 is 0 Å². The smallest absolute Gasteiger partial charge is 0.274 e. The highest BCUT2D eigenvalue weighted by Crippen LogP contribution is 2.29. The summed E-state index contributed by atoms with van der Waals surface area (Å²) in [6.07, 6.45) is 2.85. The van der Waals surface area contributed by atoms with Gasteiger partial charge in [0.15, 0.2) is 0 Å². The van der Waals surface area contributed by atoms with E-state index in [0.29, 0.717) is 29.4 Å². The summed E-state index contributed by atoms with van der Waals surface area (Å²) in [6.45, 7) is 0.668. The second-order valence-electron chi connectivity index (χ2n) is 4.98. The first-order valence-electron chi connectivity index (χ1n) is 6.97. The van der Waals surface area contributed by atoms with Crippen molar-refractivity contribution in [1.29, 1.82) is 0 Å². The van der Waals surface area contributed by atoms with Crippen molar-refractivity contribution < 1.29 is 9.59 Å². The Kier molecular flexibility index (Phi) is 4.06. The van der Waals surface area contributed by atoms with Crippen LogP contribution in [0.3, 0.4) is 0 Å². The Bertz CT molecular complexity index is 733. The number of amides is 2. The highest BCUT2D eigenvalue weighted by Gasteiger charge is 2.24. The number of halogens is 1. The van der Waals surface area contributed by atoms with E-state index in [2.05, 4.69) is 10.3 Å². The largest absolute Gasteiger partial charge is 0.319 e. The van der Waals surface area contributed by atoms with Crippen LogP contribution < -0.4 is 10.2 Å². The van der Waals surface area contributed by atoms with Gasteiger partial charge in [-0.25, -0.2) is 0 Å². The Hall–Kier alpha value is -2.40. The summed E-state index contributed by atoms with van der Waals surface area (Å²) in [5.41, 5.74) is 1.53. The van der Waals surface area contributed by atoms with Gasteiger partial charge in [0.25, 0.3) is 5.91 Å². The molecule has 0 saturated carbocycles. The number of hydrogen-bond donors (Lipinski definition) is 1. The van der Waals surface area contributed by atoms with E-state index in [9.17, 15) is 9.59 Å². The molecule has 1 aliphatic rings. The first-order valence-corrected chi connectivity index (χ1v) is 7.35. The van der Waals surface area contributed by atoms with Crippen LogP contribution in [0.5, 0.6) is 0 Å². The van der Waals surface area contributed by atoms with Crippen LogP contribution in [0.1, 0.15) is 23.3 Å². The fourth-order valence-corrected chi connectivity index (χ4v) is 2.59. The predicted molar refractivity (Wildman–Crippen MR) is 85.2 cm³/mol. The maximum Gasteiger partial charge on any atom is 0.274 e. The summed E-state index contributed by atoms with van der Waals surface area (Å²) < 4.78 is 0. The topological polar surface area (TPSA) is 62.3 Å². The number of anilines is 2. The van der Waals surface area contributed by atoms with Crippen molar-refractivity contribution in [2.45, 2.75) is 12.8 Å². The van der Waals surface area contributed by atoms with Gasteiger partial charge in [-0.05, 0) is 30.7 Å². The second kappa shape index (κ2) is 6.15. The Labute approximate surface area is 132 Å². The molecule has 1 aromatic heterocycles. The third-order valence-electron chi connectivity index (χ3n) is 3.47. The lowest BCUT2D eigenvalue weighted by Gasteiger charge is -2.19. The van der Waals surface area contributed by atoms with Gasteiger partial charge in [-0.1, -0.05) is 23.7 Å². The number of nitrogens with one attached hydrogen (secondary N) is 1. The molecule has 6 heteroatoms. The third kappa shape index (κ3) is 2.94. The van der Waals surface area contributed by atoms with Crippen molar-refractivity contribution in [3.8, 4) is 0 Å². The summed E-state index contributed by atoms with van der Waals surface area (Å²) >= 11 is 5.87. The zero-order chi connectivity index (χ0) is 15.5. The molecule has 2 aromatic rings. The fraction of sp³-hybridized carbons (Fsp3) is 0.188. The molecule has 1 saturated heterocycles. The van der Waals surface area contributed by atoms with Gasteiger partial charge in [-0.3, -0.25) is 14.6 Å². The molecule has 22 heavy (non-hydrogen) atoms. The Morgan fingerprint density at radius 1 is 1.27 bits per heavy atom. The average molecular weight is 316 g/mol. The van der Waals surface area contributed by atoms with Crippen molar-refractivity contribution >= 4 is 34.8 Å². The van der Waals surface area contributed by atoms with Gasteiger partial charge < -0.3 is 10.2 Å². The van der Waals surface area contributed by atoms with Crippen LogP contribution in [-0.2, 0) is 4.79 Å². The maximum absolute atomic E-state index is 12.3. The van der Waals surface area contributed by atoms with E-state index in [1.165, 1.54) is 12.3 Å². The minimum Gasteiger partial charge on any atom is -0.319 e. The molecular weight excluding hydrogens is 302 g/mol. The summed E-state index contributed by atoms with van der Waals surface area (Å²) in [6, 6.07) is 10.3. The number of rotatable bonds is 3. The van der Waals surface area contributed by atoms with Gasteiger partial charge in [0, 0.05) is 24.2 Å². The zero-order valence-electron chi connectivity index (χ0n) is 11.8. The van der Waals surface area contributed by atoms with Gasteiger partial charge in [0.1, 0.15) is 5.69 Å². The standard InChI is InChI=1S/C16H14ClN3O2/c17-11-7-8-18-13(10-11)16(22)19-12-4-1-2-5-14(12)20-9-3-6-15(20)21/h1-2,4-5,7-8,10H,3,6,9H2,(H,19,22). The first-order chi connectivity index (χ1) is 10.6. The van der Waals surface area contributed by atoms with E-state index in [4.69, 9.17) is 11.6 Å². The number of aromatic nitrogens is 1. The van der Waals surface area contributed by atoms with Gasteiger partial charge >= 0.3 is 0 Å². The highest BCUT2D eigenvalue weighted by atomic mass is 35.5. The lowest BCUT2D eigenvalue weighted by molar-refractivity contribution is -0.117. The number of benzene rings is 1. The van der Waals surface area contributed by atoms with Crippen LogP contribution in [0.2, 0.25) is 5.02 Å². The average Bonchev–Trinajstić information content (AvgIpc) is 2.94. The highest BCUT2D eigenvalue weighted by molar-refractivity contribution is 6.31. The predicted octanol–water partition coefficient (Wildman–Crippen LogP) is 3.11. The first kappa shape index (κ1) is 14.5. The van der Waals surface area contributed by atoms with Crippen molar-refractivity contribution in [1.82, 2.24) is 4.98 Å². The molecule has 3 rings (SSSR count). The van der Waals surface area contributed by atoms with E-state index in [1.54, 1.807) is 17.0 Å². The summed E-state index contributed by atoms with van der Waals surface area (Å²) in [7, 11) is 0. The Morgan fingerprint density at radius 2 is 2.09 bits per heavy atom. The summed E-state index contributed by atoms with van der Waals surface area (Å²) in [4.78, 5) is 29.9. The lowest BCUT2D eigenvalue weighted by Crippen LogP contribution is -2.25. The lowest BCUT2D eigenvalue weighted by atomic mass is 10.2. The number of hydrogen-bond acceptors (Lipinski definition) is 3. The Morgan fingerprint density at radius 3 is 2.82 bits per heavy atom. The van der Waals surface area contributed by atoms with Gasteiger partial charge in [0.2, 0.25) is 5.91 Å². The summed E-state index contributed by atoms with van der Waals surface area (Å²) in [5.74, 6) is -0.288. The van der Waals surface area contributed by atoms with Gasteiger partial charge in [0.05, 0.1) is 11.4 Å². The number of carbonyl (C=O) groups is 2. The number of nitrogens with zero attached hydrogens (tertiary/aromatic N) is 2. The number of para-hydroxylation sites is 2. The molecule has 1 N–H and O–H groups in total. The Balaban J connectivity index is 1.86. The van der Waals surface area contributed by atoms with E-state index in [1.807, 2.05) is 18.2 Å². The fourth-order valence-electron chi connectivity index (χ4n) is 2.43. The molecule has 0 bridgehead atoms. The SMILES string of the molecule is O=C(Nc1ccccc1N1CCCC1=O)c1cc(Cl)ccn1. The third-order valence-corrected chi connectivity index (χ3v) is 3.71. The minimum atomic E-state index is -0.360. The van der Waals surface area contributed by atoms with Crippen LogP contribution in [-0.4, -0.2) is 23.3 Å². The van der Waals surface area contributed by atoms with E-state index in [-0.39, 0.29) is 17.5 Å². The van der Waals surface area contributed by atoms with Crippen LogP contribution in [0, 0.1) is 0 Å². The molecular formula is C16H14ClN3O2. The molecule has 2 heterocycles. The normalized spacial score (nSPS) is 14.2. The molecule has 112 valence electrons. The molecule has 0 unspecified atom stereocenters. The maximum atomic E-state index is 12.3. The molecule has 1 aliphatic heterocycles. The molecule has 1 fully saturated rings.